The molecule has 1 aromatic carbocycles. The van der Waals surface area contributed by atoms with Gasteiger partial charge in [0, 0.05) is 12.1 Å². The van der Waals surface area contributed by atoms with Crippen molar-refractivity contribution >= 4 is 0 Å². The second kappa shape index (κ2) is 5.11. The molecule has 1 saturated heterocycles. The molecule has 2 N–H and O–H groups in total. The predicted octanol–water partition coefficient (Wildman–Crippen LogP) is 1.69. The van der Waals surface area contributed by atoms with Crippen LogP contribution >= 0.6 is 0 Å². The van der Waals surface area contributed by atoms with Gasteiger partial charge in [-0.1, -0.05) is 36.3 Å². The number of hydrogen-bond donors (Lipinski definition) is 2. The highest BCUT2D eigenvalue weighted by Gasteiger charge is 2.28. The lowest BCUT2D eigenvalue weighted by Crippen LogP contribution is -2.15. The van der Waals surface area contributed by atoms with Crippen molar-refractivity contribution in [1.29, 1.82) is 0 Å². The Morgan fingerprint density at radius 2 is 2.16 bits per heavy atom. The van der Waals surface area contributed by atoms with E-state index in [4.69, 9.17) is 4.52 Å². The number of rotatable bonds is 3. The van der Waals surface area contributed by atoms with Crippen molar-refractivity contribution in [3.8, 4) is 11.4 Å². The minimum Gasteiger partial charge on any atom is -0.392 e. The molecule has 0 spiro atoms. The zero-order valence-corrected chi connectivity index (χ0v) is 10.8. The fourth-order valence-corrected chi connectivity index (χ4v) is 2.29. The molecule has 5 heteroatoms. The topological polar surface area (TPSA) is 71.2 Å². The maximum absolute atomic E-state index is 9.49. The summed E-state index contributed by atoms with van der Waals surface area (Å²) in [6.07, 6.45) is 1.31. The summed E-state index contributed by atoms with van der Waals surface area (Å²) in [5.41, 5.74) is 2.23. The molecule has 2 atom stereocenters. The molecule has 5 nitrogen and oxygen atoms in total. The van der Waals surface area contributed by atoms with Crippen LogP contribution in [0.3, 0.4) is 0 Å². The summed E-state index contributed by atoms with van der Waals surface area (Å²) >= 11 is 0. The van der Waals surface area contributed by atoms with E-state index in [1.54, 1.807) is 0 Å². The largest absolute Gasteiger partial charge is 0.392 e. The maximum atomic E-state index is 9.49. The summed E-state index contributed by atoms with van der Waals surface area (Å²) < 4.78 is 5.27. The Balaban J connectivity index is 1.80. The van der Waals surface area contributed by atoms with Gasteiger partial charge in [-0.25, -0.2) is 0 Å². The lowest BCUT2D eigenvalue weighted by molar-refractivity contribution is 0.191. The van der Waals surface area contributed by atoms with Gasteiger partial charge in [-0.15, -0.1) is 0 Å². The molecule has 19 heavy (non-hydrogen) atoms. The molecule has 1 aliphatic heterocycles. The molecule has 2 heterocycles. The third kappa shape index (κ3) is 2.52. The van der Waals surface area contributed by atoms with Crippen LogP contribution in [-0.4, -0.2) is 27.9 Å². The summed E-state index contributed by atoms with van der Waals surface area (Å²) in [5, 5.41) is 16.7. The zero-order valence-electron chi connectivity index (χ0n) is 10.8. The molecule has 0 saturated carbocycles. The van der Waals surface area contributed by atoms with Gasteiger partial charge in [0.25, 0.3) is 0 Å². The van der Waals surface area contributed by atoms with Crippen molar-refractivity contribution in [1.82, 2.24) is 15.5 Å². The molecule has 0 amide bonds. The number of aromatic nitrogens is 2. The van der Waals surface area contributed by atoms with Gasteiger partial charge in [-0.2, -0.15) is 4.98 Å². The number of nitrogens with one attached hydrogen (secondary N) is 1. The Morgan fingerprint density at radius 3 is 2.79 bits per heavy atom. The summed E-state index contributed by atoms with van der Waals surface area (Å²) in [7, 11) is 0. The highest BCUT2D eigenvalue weighted by molar-refractivity contribution is 5.54. The van der Waals surface area contributed by atoms with Crippen LogP contribution in [-0.2, 0) is 6.42 Å². The van der Waals surface area contributed by atoms with E-state index in [0.29, 0.717) is 24.7 Å². The standard InChI is InChI=1S/C14H17N3O2/c1-2-9-3-5-10(6-4-9)13-16-14(19-17-13)12-7-11(18)8-15-12/h3-6,11-12,15,18H,2,7-8H2,1H3/t11?,12-/m0/s1. The second-order valence-electron chi connectivity index (χ2n) is 4.86. The highest BCUT2D eigenvalue weighted by atomic mass is 16.5. The first kappa shape index (κ1) is 12.3. The van der Waals surface area contributed by atoms with Crippen LogP contribution in [0.15, 0.2) is 28.8 Å². The number of aliphatic hydroxyl groups is 1. The number of nitrogens with zero attached hydrogens (tertiary/aromatic N) is 2. The maximum Gasteiger partial charge on any atom is 0.244 e. The third-order valence-electron chi connectivity index (χ3n) is 3.47. The van der Waals surface area contributed by atoms with E-state index >= 15 is 0 Å². The summed E-state index contributed by atoms with van der Waals surface area (Å²) in [4.78, 5) is 4.40. The van der Waals surface area contributed by atoms with Crippen LogP contribution < -0.4 is 5.32 Å². The molecule has 1 unspecified atom stereocenters. The van der Waals surface area contributed by atoms with Gasteiger partial charge in [0.1, 0.15) is 0 Å². The molecule has 2 aromatic rings. The Bertz CT molecular complexity index is 550. The van der Waals surface area contributed by atoms with Crippen LogP contribution in [0.5, 0.6) is 0 Å². The van der Waals surface area contributed by atoms with E-state index in [1.165, 1.54) is 5.56 Å². The first-order chi connectivity index (χ1) is 9.26. The molecular formula is C14H17N3O2. The third-order valence-corrected chi connectivity index (χ3v) is 3.47. The molecule has 1 fully saturated rings. The van der Waals surface area contributed by atoms with Crippen LogP contribution in [0, 0.1) is 0 Å². The van der Waals surface area contributed by atoms with Crippen molar-refractivity contribution in [2.75, 3.05) is 6.54 Å². The number of benzene rings is 1. The normalized spacial score (nSPS) is 22.8. The molecular weight excluding hydrogens is 242 g/mol. The van der Waals surface area contributed by atoms with E-state index in [-0.39, 0.29) is 12.1 Å². The summed E-state index contributed by atoms with van der Waals surface area (Å²) in [5.74, 6) is 1.15. The first-order valence-corrected chi connectivity index (χ1v) is 6.60. The van der Waals surface area contributed by atoms with Crippen LogP contribution in [0.4, 0.5) is 0 Å². The monoisotopic (exact) mass is 259 g/mol. The number of aryl methyl sites for hydroxylation is 1. The molecule has 1 aromatic heterocycles. The minimum absolute atomic E-state index is 0.0360. The summed E-state index contributed by atoms with van der Waals surface area (Å²) in [6.45, 7) is 2.70. The van der Waals surface area contributed by atoms with E-state index < -0.39 is 0 Å². The molecule has 3 rings (SSSR count). The fourth-order valence-electron chi connectivity index (χ4n) is 2.29. The Morgan fingerprint density at radius 1 is 1.37 bits per heavy atom. The van der Waals surface area contributed by atoms with Crippen molar-refractivity contribution in [3.05, 3.63) is 35.7 Å². The van der Waals surface area contributed by atoms with E-state index in [1.807, 2.05) is 12.1 Å². The highest BCUT2D eigenvalue weighted by Crippen LogP contribution is 2.24. The Hall–Kier alpha value is -1.72. The van der Waals surface area contributed by atoms with Crippen molar-refractivity contribution in [2.45, 2.75) is 31.9 Å². The average Bonchev–Trinajstić information content (AvgIpc) is 3.07. The minimum atomic E-state index is -0.329. The lowest BCUT2D eigenvalue weighted by atomic mass is 10.1. The Labute approximate surface area is 111 Å². The van der Waals surface area contributed by atoms with Crippen LogP contribution in [0.25, 0.3) is 11.4 Å². The Kier molecular flexibility index (Phi) is 3.31. The van der Waals surface area contributed by atoms with E-state index in [2.05, 4.69) is 34.5 Å². The molecule has 0 bridgehead atoms. The molecule has 0 aliphatic carbocycles. The van der Waals surface area contributed by atoms with E-state index in [9.17, 15) is 5.11 Å². The van der Waals surface area contributed by atoms with Gasteiger partial charge >= 0.3 is 0 Å². The van der Waals surface area contributed by atoms with Crippen LogP contribution in [0.1, 0.15) is 30.8 Å². The van der Waals surface area contributed by atoms with Gasteiger partial charge < -0.3 is 14.9 Å². The van der Waals surface area contributed by atoms with Gasteiger partial charge in [0.05, 0.1) is 12.1 Å². The lowest BCUT2D eigenvalue weighted by Gasteiger charge is -2.01. The van der Waals surface area contributed by atoms with Gasteiger partial charge in [0.15, 0.2) is 0 Å². The quantitative estimate of drug-likeness (QED) is 0.877. The fraction of sp³-hybridized carbons (Fsp3) is 0.429. The summed E-state index contributed by atoms with van der Waals surface area (Å²) in [6, 6.07) is 8.12. The SMILES string of the molecule is CCc1ccc(-c2noc([C@@H]3CC(O)CN3)n2)cc1. The second-order valence-corrected chi connectivity index (χ2v) is 4.86. The van der Waals surface area contributed by atoms with Crippen LogP contribution in [0.2, 0.25) is 0 Å². The molecule has 100 valence electrons. The van der Waals surface area contributed by atoms with E-state index in [0.717, 1.165) is 12.0 Å². The van der Waals surface area contributed by atoms with Gasteiger partial charge in [0.2, 0.25) is 11.7 Å². The average molecular weight is 259 g/mol. The number of β-amino-alcohol motifs (C(OH)–C–C–N with tert-alkyl or cyclic N) is 1. The number of hydrogen-bond acceptors (Lipinski definition) is 5. The zero-order chi connectivity index (χ0) is 13.2. The molecule has 0 radical (unpaired) electrons. The molecule has 1 aliphatic rings. The van der Waals surface area contributed by atoms with Gasteiger partial charge in [-0.05, 0) is 18.4 Å². The predicted molar refractivity (Wildman–Crippen MR) is 70.5 cm³/mol. The first-order valence-electron chi connectivity index (χ1n) is 6.60. The van der Waals surface area contributed by atoms with Gasteiger partial charge in [-0.3, -0.25) is 0 Å². The van der Waals surface area contributed by atoms with Crippen molar-refractivity contribution in [2.24, 2.45) is 0 Å². The smallest absolute Gasteiger partial charge is 0.244 e. The van der Waals surface area contributed by atoms with Crippen molar-refractivity contribution in [3.63, 3.8) is 0 Å². The number of aliphatic hydroxyl groups excluding tert-OH is 1. The van der Waals surface area contributed by atoms with Crippen molar-refractivity contribution < 1.29 is 9.63 Å².